The zero-order valence-electron chi connectivity index (χ0n) is 21.7. The summed E-state index contributed by atoms with van der Waals surface area (Å²) in [6.07, 6.45) is -0.490. The number of nitrogens with two attached hydrogens (primary N) is 1. The molecule has 0 saturated carbocycles. The average molecular weight is 502 g/mol. The van der Waals surface area contributed by atoms with Crippen LogP contribution in [0.25, 0.3) is 0 Å². The monoisotopic (exact) mass is 501 g/mol. The van der Waals surface area contributed by atoms with Crippen molar-refractivity contribution in [2.45, 2.75) is 45.1 Å². The number of piperazine rings is 1. The Morgan fingerprint density at radius 1 is 0.757 bits per heavy atom. The van der Waals surface area contributed by atoms with Crippen LogP contribution in [-0.2, 0) is 29.2 Å². The first-order valence-electron chi connectivity index (χ1n) is 13.4. The highest BCUT2D eigenvalue weighted by Crippen LogP contribution is 2.42. The van der Waals surface area contributed by atoms with Crippen LogP contribution >= 0.6 is 0 Å². The van der Waals surface area contributed by atoms with E-state index >= 15 is 0 Å². The molecule has 6 nitrogen and oxygen atoms in total. The van der Waals surface area contributed by atoms with Crippen molar-refractivity contribution in [2.24, 2.45) is 11.7 Å². The maximum atomic E-state index is 9.48. The van der Waals surface area contributed by atoms with Crippen LogP contribution in [0.5, 0.6) is 0 Å². The van der Waals surface area contributed by atoms with E-state index in [9.17, 15) is 5.11 Å². The van der Waals surface area contributed by atoms with Gasteiger partial charge < -0.3 is 20.3 Å². The number of aliphatic hydroxyl groups is 1. The van der Waals surface area contributed by atoms with Crippen LogP contribution in [0.15, 0.2) is 78.9 Å². The molecule has 2 aliphatic heterocycles. The van der Waals surface area contributed by atoms with Crippen LogP contribution < -0.4 is 5.73 Å². The molecule has 0 radical (unpaired) electrons. The molecule has 2 aliphatic rings. The Morgan fingerprint density at radius 3 is 2.03 bits per heavy atom. The van der Waals surface area contributed by atoms with Crippen molar-refractivity contribution in [2.75, 3.05) is 32.7 Å². The van der Waals surface area contributed by atoms with Crippen LogP contribution in [0, 0.1) is 5.92 Å². The van der Waals surface area contributed by atoms with E-state index in [0.29, 0.717) is 6.54 Å². The van der Waals surface area contributed by atoms with Gasteiger partial charge in [-0.15, -0.1) is 0 Å². The number of aliphatic hydroxyl groups excluding tert-OH is 1. The van der Waals surface area contributed by atoms with Crippen LogP contribution in [-0.4, -0.2) is 53.7 Å². The molecule has 2 saturated heterocycles. The number of nitrogens with zero attached hydrogens (tertiary/aromatic N) is 2. The van der Waals surface area contributed by atoms with Crippen molar-refractivity contribution in [1.29, 1.82) is 0 Å². The molecule has 3 N–H and O–H groups in total. The molecule has 196 valence electrons. The molecular formula is C31H39N3O3. The first kappa shape index (κ1) is 26.0. The molecule has 6 heteroatoms. The van der Waals surface area contributed by atoms with Crippen molar-refractivity contribution >= 4 is 0 Å². The van der Waals surface area contributed by atoms with Gasteiger partial charge in [0, 0.05) is 57.3 Å². The van der Waals surface area contributed by atoms with Gasteiger partial charge in [0.15, 0.2) is 6.29 Å². The van der Waals surface area contributed by atoms with E-state index < -0.39 is 6.29 Å². The molecule has 0 amide bonds. The Hall–Kier alpha value is -2.58. The van der Waals surface area contributed by atoms with E-state index in [1.54, 1.807) is 0 Å². The van der Waals surface area contributed by atoms with Gasteiger partial charge in [-0.05, 0) is 22.3 Å². The Morgan fingerprint density at radius 2 is 1.38 bits per heavy atom. The molecule has 0 aromatic heterocycles. The molecular weight excluding hydrogens is 462 g/mol. The second kappa shape index (κ2) is 12.3. The first-order chi connectivity index (χ1) is 18.1. The Labute approximate surface area is 220 Å². The number of rotatable bonds is 8. The maximum absolute atomic E-state index is 9.48. The minimum absolute atomic E-state index is 0.0381. The smallest absolute Gasteiger partial charge is 0.184 e. The summed E-state index contributed by atoms with van der Waals surface area (Å²) >= 11 is 0. The molecule has 3 aromatic rings. The average Bonchev–Trinajstić information content (AvgIpc) is 2.96. The SMILES string of the molecule is CC1C(CN2CCN(Cc3ccccc3)CC2)OC(c2ccc(CN)cc2)OC1c1ccc(CO)cc1. The highest BCUT2D eigenvalue weighted by molar-refractivity contribution is 5.27. The minimum Gasteiger partial charge on any atom is -0.392 e. The Kier molecular flexibility index (Phi) is 8.66. The molecule has 5 rings (SSSR count). The van der Waals surface area contributed by atoms with E-state index in [1.165, 1.54) is 5.56 Å². The van der Waals surface area contributed by atoms with E-state index in [1.807, 2.05) is 24.3 Å². The molecule has 2 fully saturated rings. The molecule has 0 bridgehead atoms. The topological polar surface area (TPSA) is 71.2 Å². The predicted octanol–water partition coefficient (Wildman–Crippen LogP) is 4.25. The van der Waals surface area contributed by atoms with Gasteiger partial charge in [0.2, 0.25) is 0 Å². The second-order valence-electron chi connectivity index (χ2n) is 10.3. The summed E-state index contributed by atoms with van der Waals surface area (Å²) in [6.45, 7) is 8.86. The van der Waals surface area contributed by atoms with E-state index in [4.69, 9.17) is 15.2 Å². The molecule has 37 heavy (non-hydrogen) atoms. The van der Waals surface area contributed by atoms with Gasteiger partial charge >= 0.3 is 0 Å². The standard InChI is InChI=1S/C31H39N3O3/c1-23-29(21-34-17-15-33(16-18-34)20-25-5-3-2-4-6-25)36-31(28-13-7-24(19-32)8-14-28)37-30(23)27-11-9-26(22-35)10-12-27/h2-14,23,29-31,35H,15-22,32H2,1H3. The highest BCUT2D eigenvalue weighted by Gasteiger charge is 2.39. The quantitative estimate of drug-likeness (QED) is 0.481. The molecule has 0 spiro atoms. The van der Waals surface area contributed by atoms with Gasteiger partial charge in [-0.25, -0.2) is 0 Å². The highest BCUT2D eigenvalue weighted by atomic mass is 16.7. The largest absolute Gasteiger partial charge is 0.392 e. The lowest BCUT2D eigenvalue weighted by Crippen LogP contribution is -2.51. The lowest BCUT2D eigenvalue weighted by molar-refractivity contribution is -0.276. The fourth-order valence-electron chi connectivity index (χ4n) is 5.37. The van der Waals surface area contributed by atoms with Crippen molar-refractivity contribution < 1.29 is 14.6 Å². The van der Waals surface area contributed by atoms with Crippen LogP contribution in [0.1, 0.15) is 47.1 Å². The number of hydrogen-bond donors (Lipinski definition) is 2. The summed E-state index contributed by atoms with van der Waals surface area (Å²) < 4.78 is 13.2. The van der Waals surface area contributed by atoms with Crippen molar-refractivity contribution in [3.8, 4) is 0 Å². The van der Waals surface area contributed by atoms with Crippen molar-refractivity contribution in [1.82, 2.24) is 9.80 Å². The summed E-state index contributed by atoms with van der Waals surface area (Å²) in [5, 5.41) is 9.48. The number of ether oxygens (including phenoxy) is 2. The number of hydrogen-bond acceptors (Lipinski definition) is 6. The van der Waals surface area contributed by atoms with Crippen molar-refractivity contribution in [3.05, 3.63) is 107 Å². The van der Waals surface area contributed by atoms with Crippen LogP contribution in [0.4, 0.5) is 0 Å². The van der Waals surface area contributed by atoms with Gasteiger partial charge in [0.05, 0.1) is 18.8 Å². The Bertz CT molecular complexity index is 1100. The third-order valence-corrected chi connectivity index (χ3v) is 7.76. The van der Waals surface area contributed by atoms with Gasteiger partial charge in [0.1, 0.15) is 0 Å². The third kappa shape index (κ3) is 6.47. The van der Waals surface area contributed by atoms with E-state index in [-0.39, 0.29) is 24.7 Å². The molecule has 4 unspecified atom stereocenters. The van der Waals surface area contributed by atoms with Crippen LogP contribution in [0.3, 0.4) is 0 Å². The van der Waals surface area contributed by atoms with Crippen LogP contribution in [0.2, 0.25) is 0 Å². The van der Waals surface area contributed by atoms with E-state index in [2.05, 4.69) is 71.3 Å². The van der Waals surface area contributed by atoms with E-state index in [0.717, 1.165) is 61.5 Å². The van der Waals surface area contributed by atoms with Gasteiger partial charge in [-0.3, -0.25) is 9.80 Å². The molecule has 4 atom stereocenters. The fraction of sp³-hybridized carbons (Fsp3) is 0.419. The Balaban J connectivity index is 1.28. The van der Waals surface area contributed by atoms with Gasteiger partial charge in [-0.1, -0.05) is 85.8 Å². The maximum Gasteiger partial charge on any atom is 0.184 e. The van der Waals surface area contributed by atoms with Gasteiger partial charge in [-0.2, -0.15) is 0 Å². The summed E-state index contributed by atoms with van der Waals surface area (Å²) in [5.74, 6) is 0.182. The summed E-state index contributed by atoms with van der Waals surface area (Å²) in [6, 6.07) is 27.0. The predicted molar refractivity (Wildman–Crippen MR) is 145 cm³/mol. The normalized spacial score (nSPS) is 25.3. The minimum atomic E-state index is -0.435. The van der Waals surface area contributed by atoms with Crippen molar-refractivity contribution in [3.63, 3.8) is 0 Å². The van der Waals surface area contributed by atoms with Gasteiger partial charge in [0.25, 0.3) is 0 Å². The zero-order valence-corrected chi connectivity index (χ0v) is 21.7. The fourth-order valence-corrected chi connectivity index (χ4v) is 5.37. The lowest BCUT2D eigenvalue weighted by Gasteiger charge is -2.44. The lowest BCUT2D eigenvalue weighted by atomic mass is 9.90. The summed E-state index contributed by atoms with van der Waals surface area (Å²) in [5.41, 5.74) is 11.3. The molecule has 0 aliphatic carbocycles. The number of benzene rings is 3. The third-order valence-electron chi connectivity index (χ3n) is 7.76. The summed E-state index contributed by atoms with van der Waals surface area (Å²) in [4.78, 5) is 5.07. The second-order valence-corrected chi connectivity index (χ2v) is 10.3. The first-order valence-corrected chi connectivity index (χ1v) is 13.4. The zero-order chi connectivity index (χ0) is 25.6. The molecule has 3 aromatic carbocycles. The summed E-state index contributed by atoms with van der Waals surface area (Å²) in [7, 11) is 0. The molecule has 2 heterocycles.